The second kappa shape index (κ2) is 4.60. The fourth-order valence-corrected chi connectivity index (χ4v) is 2.84. The quantitative estimate of drug-likeness (QED) is 0.783. The summed E-state index contributed by atoms with van der Waals surface area (Å²) in [6, 6.07) is 8.59. The maximum absolute atomic E-state index is 4.83. The molecule has 0 spiro atoms. The topological polar surface area (TPSA) is 17.8 Å². The molecule has 2 heteroatoms. The number of hydrogen-bond donors (Lipinski definition) is 0. The minimum absolute atomic E-state index is 0.615. The number of benzene rings is 1. The molecule has 0 saturated carbocycles. The molecule has 0 amide bonds. The van der Waals surface area contributed by atoms with E-state index in [4.69, 9.17) is 4.98 Å². The minimum atomic E-state index is 0.615. The molecule has 0 aliphatic carbocycles. The smallest absolute Gasteiger partial charge is 0.111 e. The Hall–Kier alpha value is -1.57. The SMILES string of the molecule is Cc1ccccc1Cc1cn2c(n1)C(C)CCC2. The van der Waals surface area contributed by atoms with Crippen molar-refractivity contribution in [2.75, 3.05) is 0 Å². The van der Waals surface area contributed by atoms with Crippen molar-refractivity contribution in [3.8, 4) is 0 Å². The second-order valence-electron chi connectivity index (χ2n) is 5.43. The third kappa shape index (κ3) is 2.07. The van der Waals surface area contributed by atoms with Crippen molar-refractivity contribution in [2.24, 2.45) is 0 Å². The summed E-state index contributed by atoms with van der Waals surface area (Å²) in [7, 11) is 0. The predicted molar refractivity (Wildman–Crippen MR) is 73.9 cm³/mol. The molecule has 2 nitrogen and oxygen atoms in total. The average molecular weight is 240 g/mol. The van der Waals surface area contributed by atoms with Crippen molar-refractivity contribution < 1.29 is 0 Å². The lowest BCUT2D eigenvalue weighted by molar-refractivity contribution is 0.463. The van der Waals surface area contributed by atoms with Gasteiger partial charge in [-0.05, 0) is 30.9 Å². The Labute approximate surface area is 109 Å². The summed E-state index contributed by atoms with van der Waals surface area (Å²) in [5.41, 5.74) is 3.96. The van der Waals surface area contributed by atoms with E-state index >= 15 is 0 Å². The Morgan fingerprint density at radius 3 is 2.94 bits per heavy atom. The zero-order chi connectivity index (χ0) is 12.5. The van der Waals surface area contributed by atoms with Gasteiger partial charge in [0.25, 0.3) is 0 Å². The molecular formula is C16H20N2. The van der Waals surface area contributed by atoms with Crippen LogP contribution in [0.4, 0.5) is 0 Å². The Morgan fingerprint density at radius 1 is 1.33 bits per heavy atom. The van der Waals surface area contributed by atoms with Crippen LogP contribution in [0, 0.1) is 6.92 Å². The van der Waals surface area contributed by atoms with Gasteiger partial charge in [0.1, 0.15) is 5.82 Å². The summed E-state index contributed by atoms with van der Waals surface area (Å²) in [4.78, 5) is 4.83. The van der Waals surface area contributed by atoms with E-state index in [0.29, 0.717) is 5.92 Å². The standard InChI is InChI=1S/C16H20N2/c1-12-6-3-4-8-14(12)10-15-11-18-9-5-7-13(2)16(18)17-15/h3-4,6,8,11,13H,5,7,9-10H2,1-2H3. The molecule has 1 unspecified atom stereocenters. The number of rotatable bonds is 2. The Kier molecular flexibility index (Phi) is 2.94. The summed E-state index contributed by atoms with van der Waals surface area (Å²) in [5, 5.41) is 0. The van der Waals surface area contributed by atoms with Crippen molar-refractivity contribution in [1.29, 1.82) is 0 Å². The van der Waals surface area contributed by atoms with E-state index in [9.17, 15) is 0 Å². The highest BCUT2D eigenvalue weighted by Crippen LogP contribution is 2.26. The van der Waals surface area contributed by atoms with Crippen LogP contribution >= 0.6 is 0 Å². The number of fused-ring (bicyclic) bond motifs is 1. The molecule has 0 saturated heterocycles. The zero-order valence-corrected chi connectivity index (χ0v) is 11.2. The molecule has 3 rings (SSSR count). The van der Waals surface area contributed by atoms with Crippen LogP contribution in [0.25, 0.3) is 0 Å². The molecule has 0 bridgehead atoms. The van der Waals surface area contributed by atoms with Crippen LogP contribution in [0.1, 0.15) is 48.3 Å². The van der Waals surface area contributed by atoms with E-state index < -0.39 is 0 Å². The van der Waals surface area contributed by atoms with E-state index in [1.807, 2.05) is 0 Å². The molecule has 1 aliphatic rings. The Morgan fingerprint density at radius 2 is 2.17 bits per heavy atom. The lowest BCUT2D eigenvalue weighted by Gasteiger charge is -2.19. The van der Waals surface area contributed by atoms with Crippen molar-refractivity contribution in [2.45, 2.75) is 45.6 Å². The summed E-state index contributed by atoms with van der Waals surface area (Å²) in [6.45, 7) is 5.60. The first-order valence-corrected chi connectivity index (χ1v) is 6.84. The fraction of sp³-hybridized carbons (Fsp3) is 0.438. The van der Waals surface area contributed by atoms with Gasteiger partial charge in [-0.1, -0.05) is 31.2 Å². The molecule has 18 heavy (non-hydrogen) atoms. The molecule has 0 radical (unpaired) electrons. The van der Waals surface area contributed by atoms with Crippen molar-refractivity contribution in [3.05, 3.63) is 53.1 Å². The van der Waals surface area contributed by atoms with Gasteiger partial charge in [0.05, 0.1) is 5.69 Å². The molecule has 2 aromatic rings. The lowest BCUT2D eigenvalue weighted by atomic mass is 10.0. The molecule has 0 N–H and O–H groups in total. The van der Waals surface area contributed by atoms with Gasteiger partial charge in [0.2, 0.25) is 0 Å². The van der Waals surface area contributed by atoms with Crippen LogP contribution in [0.5, 0.6) is 0 Å². The summed E-state index contributed by atoms with van der Waals surface area (Å²) in [5.74, 6) is 1.90. The molecule has 0 fully saturated rings. The van der Waals surface area contributed by atoms with Crippen molar-refractivity contribution in [3.63, 3.8) is 0 Å². The monoisotopic (exact) mass is 240 g/mol. The van der Waals surface area contributed by atoms with E-state index in [1.165, 1.54) is 35.5 Å². The summed E-state index contributed by atoms with van der Waals surface area (Å²) < 4.78 is 2.35. The van der Waals surface area contributed by atoms with Gasteiger partial charge >= 0.3 is 0 Å². The van der Waals surface area contributed by atoms with Crippen molar-refractivity contribution >= 4 is 0 Å². The van der Waals surface area contributed by atoms with E-state index in [-0.39, 0.29) is 0 Å². The van der Waals surface area contributed by atoms with Crippen LogP contribution in [0.15, 0.2) is 30.5 Å². The van der Waals surface area contributed by atoms with Crippen LogP contribution in [0.2, 0.25) is 0 Å². The zero-order valence-electron chi connectivity index (χ0n) is 11.2. The van der Waals surface area contributed by atoms with Gasteiger partial charge in [-0.2, -0.15) is 0 Å². The highest BCUT2D eigenvalue weighted by molar-refractivity contribution is 5.29. The van der Waals surface area contributed by atoms with Crippen LogP contribution in [-0.4, -0.2) is 9.55 Å². The van der Waals surface area contributed by atoms with Gasteiger partial charge in [-0.3, -0.25) is 0 Å². The van der Waals surface area contributed by atoms with E-state index in [0.717, 1.165) is 13.0 Å². The van der Waals surface area contributed by atoms with Gasteiger partial charge in [-0.15, -0.1) is 0 Å². The maximum atomic E-state index is 4.83. The van der Waals surface area contributed by atoms with Gasteiger partial charge in [0, 0.05) is 25.1 Å². The van der Waals surface area contributed by atoms with Gasteiger partial charge < -0.3 is 4.57 Å². The molecule has 1 aliphatic heterocycles. The van der Waals surface area contributed by atoms with Gasteiger partial charge in [0.15, 0.2) is 0 Å². The predicted octanol–water partition coefficient (Wildman–Crippen LogP) is 3.68. The first-order chi connectivity index (χ1) is 8.74. The fourth-order valence-electron chi connectivity index (χ4n) is 2.84. The number of nitrogens with zero attached hydrogens (tertiary/aromatic N) is 2. The van der Waals surface area contributed by atoms with Crippen LogP contribution in [0.3, 0.4) is 0 Å². The third-order valence-corrected chi connectivity index (χ3v) is 3.97. The number of aromatic nitrogens is 2. The minimum Gasteiger partial charge on any atom is -0.334 e. The van der Waals surface area contributed by atoms with E-state index in [1.54, 1.807) is 0 Å². The number of aryl methyl sites for hydroxylation is 2. The molecule has 1 aromatic heterocycles. The molecule has 94 valence electrons. The summed E-state index contributed by atoms with van der Waals surface area (Å²) in [6.07, 6.45) is 5.77. The highest BCUT2D eigenvalue weighted by Gasteiger charge is 2.19. The Balaban J connectivity index is 1.88. The number of hydrogen-bond acceptors (Lipinski definition) is 1. The average Bonchev–Trinajstić information content (AvgIpc) is 2.76. The normalized spacial score (nSPS) is 18.7. The second-order valence-corrected chi connectivity index (χ2v) is 5.43. The molecule has 2 heterocycles. The van der Waals surface area contributed by atoms with E-state index in [2.05, 4.69) is 48.9 Å². The third-order valence-electron chi connectivity index (χ3n) is 3.97. The maximum Gasteiger partial charge on any atom is 0.111 e. The number of imidazole rings is 1. The highest BCUT2D eigenvalue weighted by atomic mass is 15.1. The lowest BCUT2D eigenvalue weighted by Crippen LogP contribution is -2.12. The van der Waals surface area contributed by atoms with Gasteiger partial charge in [-0.25, -0.2) is 4.98 Å². The van der Waals surface area contributed by atoms with Crippen molar-refractivity contribution in [1.82, 2.24) is 9.55 Å². The van der Waals surface area contributed by atoms with Crippen LogP contribution in [-0.2, 0) is 13.0 Å². The molecule has 1 aromatic carbocycles. The summed E-state index contributed by atoms with van der Waals surface area (Å²) >= 11 is 0. The molecular weight excluding hydrogens is 220 g/mol. The Bertz CT molecular complexity index is 554. The first-order valence-electron chi connectivity index (χ1n) is 6.84. The first kappa shape index (κ1) is 11.5. The molecule has 1 atom stereocenters. The largest absolute Gasteiger partial charge is 0.334 e. The van der Waals surface area contributed by atoms with Crippen LogP contribution < -0.4 is 0 Å².